The Labute approximate surface area is 198 Å². The van der Waals surface area contributed by atoms with Gasteiger partial charge in [-0.15, -0.1) is 12.8 Å². The predicted octanol–water partition coefficient (Wildman–Crippen LogP) is 5.00. The molecule has 3 rings (SSSR count). The van der Waals surface area contributed by atoms with E-state index in [0.717, 1.165) is 6.20 Å². The van der Waals surface area contributed by atoms with E-state index in [0.29, 0.717) is 10.6 Å². The van der Waals surface area contributed by atoms with Gasteiger partial charge in [-0.25, -0.2) is 13.2 Å². The highest BCUT2D eigenvalue weighted by atomic mass is 19.4. The number of nitrogens with one attached hydrogen (secondary N) is 1. The minimum atomic E-state index is -4.74. The summed E-state index contributed by atoms with van der Waals surface area (Å²) in [6.07, 6.45) is 9.04. The van der Waals surface area contributed by atoms with E-state index in [9.17, 15) is 41.2 Å². The number of carbonyl (C=O) groups is 1. The fourth-order valence-corrected chi connectivity index (χ4v) is 3.93. The molecule has 35 heavy (non-hydrogen) atoms. The molecule has 0 spiro atoms. The zero-order valence-electron chi connectivity index (χ0n) is 18.0. The fourth-order valence-electron chi connectivity index (χ4n) is 3.93. The van der Waals surface area contributed by atoms with E-state index in [2.05, 4.69) is 18.2 Å². The second kappa shape index (κ2) is 11.4. The average molecular weight is 497 g/mol. The first kappa shape index (κ1) is 27.3. The number of pyridine rings is 1. The van der Waals surface area contributed by atoms with Crippen molar-refractivity contribution < 1.29 is 32.6 Å². The molecule has 186 valence electrons. The summed E-state index contributed by atoms with van der Waals surface area (Å²) in [7, 11) is 0. The van der Waals surface area contributed by atoms with Crippen LogP contribution in [0.15, 0.2) is 64.7 Å². The normalized spacial score (nSPS) is 24.1. The van der Waals surface area contributed by atoms with Crippen molar-refractivity contribution in [2.24, 2.45) is 17.8 Å². The van der Waals surface area contributed by atoms with E-state index < -0.39 is 60.6 Å². The number of rotatable bonds is 4. The van der Waals surface area contributed by atoms with Crippen LogP contribution in [0.5, 0.6) is 0 Å². The Hall–Kier alpha value is -3.99. The molecule has 1 amide bonds. The summed E-state index contributed by atoms with van der Waals surface area (Å²) < 4.78 is 81.0. The molecule has 11 heteroatoms. The second-order valence-corrected chi connectivity index (χ2v) is 7.47. The van der Waals surface area contributed by atoms with Gasteiger partial charge in [-0.05, 0) is 17.6 Å². The van der Waals surface area contributed by atoms with Gasteiger partial charge in [0, 0.05) is 13.7 Å². The Morgan fingerprint density at radius 1 is 1.20 bits per heavy atom. The quantitative estimate of drug-likeness (QED) is 0.470. The van der Waals surface area contributed by atoms with Gasteiger partial charge in [-0.3, -0.25) is 9.59 Å². The highest BCUT2D eigenvalue weighted by Gasteiger charge is 2.51. The Balaban J connectivity index is 0.00000211. The molecule has 1 aromatic rings. The molecule has 0 saturated heterocycles. The van der Waals surface area contributed by atoms with E-state index >= 15 is 0 Å². The molecule has 0 aromatic carbocycles. The minimum Gasteiger partial charge on any atom is -0.324 e. The van der Waals surface area contributed by atoms with Crippen LogP contribution in [0.3, 0.4) is 0 Å². The van der Waals surface area contributed by atoms with Crippen LogP contribution in [0.2, 0.25) is 0 Å². The molecular weight excluding hydrogens is 476 g/mol. The van der Waals surface area contributed by atoms with Crippen LogP contribution >= 0.6 is 0 Å². The number of aromatic nitrogens is 1. The number of nitriles is 1. The summed E-state index contributed by atoms with van der Waals surface area (Å²) in [6.45, 7) is -1.11. The maximum atomic E-state index is 13.9. The van der Waals surface area contributed by atoms with Gasteiger partial charge < -0.3 is 9.88 Å². The highest BCUT2D eigenvalue weighted by Crippen LogP contribution is 2.47. The molecule has 0 radical (unpaired) electrons. The maximum Gasteiger partial charge on any atom is 0.397 e. The van der Waals surface area contributed by atoms with Crippen molar-refractivity contribution in [3.05, 3.63) is 76.0 Å². The SMILES string of the molecule is C#C.N#CC1CC(C(=O)Nc2cc(F)c(=O)n(CC(F)F)c2)C2=C(\C=C/C=C\C=C/2)C1C(F)(F)F.[HH]. The summed E-state index contributed by atoms with van der Waals surface area (Å²) >= 11 is 0. The molecule has 1 N–H and O–H groups in total. The summed E-state index contributed by atoms with van der Waals surface area (Å²) in [5, 5.41) is 11.7. The van der Waals surface area contributed by atoms with Gasteiger partial charge in [0.05, 0.1) is 36.1 Å². The topological polar surface area (TPSA) is 74.9 Å². The summed E-state index contributed by atoms with van der Waals surface area (Å²) in [6, 6.07) is 2.26. The molecule has 3 unspecified atom stereocenters. The van der Waals surface area contributed by atoms with Gasteiger partial charge in [0.2, 0.25) is 5.91 Å². The molecule has 2 aliphatic carbocycles. The first-order valence-electron chi connectivity index (χ1n) is 10.1. The molecule has 3 atom stereocenters. The number of halogens is 6. The van der Waals surface area contributed by atoms with E-state index in [1.54, 1.807) is 12.1 Å². The van der Waals surface area contributed by atoms with Crippen LogP contribution < -0.4 is 10.9 Å². The first-order chi connectivity index (χ1) is 16.5. The van der Waals surface area contributed by atoms with Gasteiger partial charge in [0.15, 0.2) is 5.82 Å². The lowest BCUT2D eigenvalue weighted by Gasteiger charge is -2.36. The standard InChI is InChI=1S/C22H17F6N3O2.C2H2.H2/c23-17-8-13(10-31(21(17)33)11-18(24)25)30-20(32)16-7-12(9-29)19(22(26,27)28)15-6-4-2-1-3-5-14(15)16;1-2;/h1-6,8,10,12,16,18-19H,7,11H2,(H,30,32);1-2H;1H/b2-1-,3-1?,4-2?,5-3-,6-4-,14-5?,15-6?;;. The summed E-state index contributed by atoms with van der Waals surface area (Å²) in [5.74, 6) is -7.14. The third-order valence-electron chi connectivity index (χ3n) is 5.30. The predicted molar refractivity (Wildman–Crippen MR) is 118 cm³/mol. The molecule has 2 aliphatic rings. The number of carbonyl (C=O) groups excluding carboxylic acids is 1. The number of anilines is 1. The molecular formula is C24H21F6N3O2. The number of hydrogen-bond acceptors (Lipinski definition) is 3. The van der Waals surface area contributed by atoms with Crippen LogP contribution in [-0.2, 0) is 11.3 Å². The molecule has 1 heterocycles. The van der Waals surface area contributed by atoms with Crippen LogP contribution in [0.1, 0.15) is 7.85 Å². The lowest BCUT2D eigenvalue weighted by Crippen LogP contribution is -2.40. The lowest BCUT2D eigenvalue weighted by atomic mass is 9.69. The Kier molecular flexibility index (Phi) is 8.90. The van der Waals surface area contributed by atoms with Crippen LogP contribution in [0.4, 0.5) is 32.0 Å². The summed E-state index contributed by atoms with van der Waals surface area (Å²) in [5.41, 5.74) is -1.84. The lowest BCUT2D eigenvalue weighted by molar-refractivity contribution is -0.175. The monoisotopic (exact) mass is 497 g/mol. The van der Waals surface area contributed by atoms with Crippen molar-refractivity contribution in [2.45, 2.75) is 25.6 Å². The summed E-state index contributed by atoms with van der Waals surface area (Å²) in [4.78, 5) is 24.7. The van der Waals surface area contributed by atoms with E-state index in [-0.39, 0.29) is 18.3 Å². The number of allylic oxidation sites excluding steroid dienone is 7. The van der Waals surface area contributed by atoms with Crippen molar-refractivity contribution in [1.82, 2.24) is 4.57 Å². The van der Waals surface area contributed by atoms with Crippen LogP contribution in [0, 0.1) is 47.7 Å². The van der Waals surface area contributed by atoms with Gasteiger partial charge in [-0.2, -0.15) is 18.4 Å². The van der Waals surface area contributed by atoms with Crippen molar-refractivity contribution in [1.29, 1.82) is 5.26 Å². The van der Waals surface area contributed by atoms with Crippen molar-refractivity contribution in [3.63, 3.8) is 0 Å². The van der Waals surface area contributed by atoms with Crippen LogP contribution in [-0.4, -0.2) is 23.1 Å². The number of alkyl halides is 5. The third-order valence-corrected chi connectivity index (χ3v) is 5.30. The zero-order valence-corrected chi connectivity index (χ0v) is 18.0. The Morgan fingerprint density at radius 2 is 1.80 bits per heavy atom. The molecule has 0 fully saturated rings. The van der Waals surface area contributed by atoms with Gasteiger partial charge in [0.25, 0.3) is 12.0 Å². The first-order valence-corrected chi connectivity index (χ1v) is 10.1. The highest BCUT2D eigenvalue weighted by molar-refractivity contribution is 5.95. The van der Waals surface area contributed by atoms with Crippen molar-refractivity contribution >= 4 is 11.6 Å². The number of nitrogens with zero attached hydrogens (tertiary/aromatic N) is 2. The number of amides is 1. The number of hydrogen-bond donors (Lipinski definition) is 1. The largest absolute Gasteiger partial charge is 0.397 e. The third kappa shape index (κ3) is 6.33. The van der Waals surface area contributed by atoms with Crippen molar-refractivity contribution in [3.8, 4) is 18.9 Å². The van der Waals surface area contributed by atoms with E-state index in [1.807, 2.05) is 0 Å². The molecule has 0 bridgehead atoms. The average Bonchev–Trinajstić information content (AvgIpc) is 2.76. The smallest absolute Gasteiger partial charge is 0.324 e. The molecule has 5 nitrogen and oxygen atoms in total. The zero-order chi connectivity index (χ0) is 26.3. The Bertz CT molecular complexity index is 1200. The van der Waals surface area contributed by atoms with Gasteiger partial charge >= 0.3 is 6.18 Å². The van der Waals surface area contributed by atoms with Gasteiger partial charge in [0.1, 0.15) is 0 Å². The van der Waals surface area contributed by atoms with E-state index in [4.69, 9.17) is 0 Å². The second-order valence-electron chi connectivity index (χ2n) is 7.47. The van der Waals surface area contributed by atoms with Gasteiger partial charge in [-0.1, -0.05) is 36.5 Å². The number of terminal acetylenes is 1. The molecule has 0 aliphatic heterocycles. The molecule has 0 saturated carbocycles. The maximum absolute atomic E-state index is 13.9. The fraction of sp³-hybridized carbons (Fsp3) is 0.292. The minimum absolute atomic E-state index is 0. The molecule has 1 aromatic heterocycles. The van der Waals surface area contributed by atoms with Crippen LogP contribution in [0.25, 0.3) is 0 Å². The van der Waals surface area contributed by atoms with Crippen molar-refractivity contribution in [2.75, 3.05) is 5.32 Å². The van der Waals surface area contributed by atoms with E-state index in [1.165, 1.54) is 30.4 Å². The Morgan fingerprint density at radius 3 is 2.34 bits per heavy atom.